The first-order chi connectivity index (χ1) is 23.7. The van der Waals surface area contributed by atoms with Crippen LogP contribution in [-0.2, 0) is 0 Å². The van der Waals surface area contributed by atoms with Crippen molar-refractivity contribution in [1.29, 1.82) is 0 Å². The lowest BCUT2D eigenvalue weighted by Crippen LogP contribution is -2.03. The quantitative estimate of drug-likeness (QED) is 0.176. The first-order valence-corrected chi connectivity index (χ1v) is 16.8. The molecule has 0 aliphatic heterocycles. The van der Waals surface area contributed by atoms with Crippen molar-refractivity contribution in [3.63, 3.8) is 0 Å². The van der Waals surface area contributed by atoms with Crippen LogP contribution in [0.5, 0.6) is 0 Å². The van der Waals surface area contributed by atoms with Gasteiger partial charge >= 0.3 is 0 Å². The zero-order chi connectivity index (χ0) is 32.0. The zero-order valence-corrected chi connectivity index (χ0v) is 26.8. The Morgan fingerprint density at radius 1 is 0.521 bits per heavy atom. The second kappa shape index (κ2) is 11.7. The molecule has 1 aromatic heterocycles. The molecule has 2 nitrogen and oxygen atoms in total. The minimum Gasteiger partial charge on any atom is -0.293 e. The summed E-state index contributed by atoms with van der Waals surface area (Å²) in [6.45, 7) is 2.28. The van der Waals surface area contributed by atoms with Crippen LogP contribution in [0.1, 0.15) is 13.3 Å². The predicted molar refractivity (Wildman–Crippen MR) is 204 cm³/mol. The molecule has 0 bridgehead atoms. The van der Waals surface area contributed by atoms with Crippen molar-refractivity contribution in [2.75, 3.05) is 0 Å². The second-order valence-electron chi connectivity index (χ2n) is 12.8. The molecule has 0 spiro atoms. The highest BCUT2D eigenvalue weighted by Crippen LogP contribution is 2.45. The van der Waals surface area contributed by atoms with E-state index < -0.39 is 0 Å². The van der Waals surface area contributed by atoms with E-state index in [1.54, 1.807) is 0 Å². The largest absolute Gasteiger partial charge is 0.293 e. The molecule has 7 aromatic carbocycles. The van der Waals surface area contributed by atoms with Crippen molar-refractivity contribution in [1.82, 2.24) is 9.55 Å². The van der Waals surface area contributed by atoms with Crippen molar-refractivity contribution in [2.45, 2.75) is 13.3 Å². The topological polar surface area (TPSA) is 17.8 Å². The Kier molecular flexibility index (Phi) is 6.87. The van der Waals surface area contributed by atoms with Crippen LogP contribution < -0.4 is 0 Å². The number of imidazole rings is 1. The van der Waals surface area contributed by atoms with Crippen molar-refractivity contribution in [3.05, 3.63) is 170 Å². The smallest absolute Gasteiger partial charge is 0.145 e. The molecule has 228 valence electrons. The summed E-state index contributed by atoms with van der Waals surface area (Å²) < 4.78 is 2.34. The third kappa shape index (κ3) is 4.77. The number of fused-ring (bicyclic) bond motifs is 3. The molecule has 0 saturated carbocycles. The van der Waals surface area contributed by atoms with Gasteiger partial charge in [0.1, 0.15) is 5.82 Å². The van der Waals surface area contributed by atoms with E-state index >= 15 is 0 Å². The van der Waals surface area contributed by atoms with Gasteiger partial charge in [-0.15, -0.1) is 0 Å². The molecular formula is C46H34N2. The molecule has 0 N–H and O–H groups in total. The molecule has 0 fully saturated rings. The van der Waals surface area contributed by atoms with Gasteiger partial charge in [0, 0.05) is 11.3 Å². The van der Waals surface area contributed by atoms with Crippen LogP contribution in [0.4, 0.5) is 0 Å². The molecule has 0 radical (unpaired) electrons. The van der Waals surface area contributed by atoms with E-state index in [1.165, 1.54) is 60.6 Å². The number of nitrogens with zero attached hydrogens (tertiary/aromatic N) is 2. The molecule has 48 heavy (non-hydrogen) atoms. The summed E-state index contributed by atoms with van der Waals surface area (Å²) in [4.78, 5) is 5.26. The van der Waals surface area contributed by atoms with Gasteiger partial charge < -0.3 is 0 Å². The summed E-state index contributed by atoms with van der Waals surface area (Å²) in [5.41, 5.74) is 11.8. The number of hydrogen-bond donors (Lipinski definition) is 0. The number of aromatic nitrogens is 2. The monoisotopic (exact) mass is 614 g/mol. The summed E-state index contributed by atoms with van der Waals surface area (Å²) in [5.74, 6) is 1.44. The molecule has 9 rings (SSSR count). The normalized spacial score (nSPS) is 14.5. The average molecular weight is 615 g/mol. The molecule has 8 aromatic rings. The fraction of sp³-hybridized carbons (Fsp3) is 0.0652. The molecule has 1 heterocycles. The van der Waals surface area contributed by atoms with Crippen LogP contribution >= 0.6 is 0 Å². The summed E-state index contributed by atoms with van der Waals surface area (Å²) in [5, 5.41) is 4.95. The van der Waals surface area contributed by atoms with Crippen LogP contribution in [0.3, 0.4) is 0 Å². The minimum atomic E-state index is 0.475. The van der Waals surface area contributed by atoms with Gasteiger partial charge in [0.2, 0.25) is 0 Å². The maximum atomic E-state index is 5.26. The van der Waals surface area contributed by atoms with Gasteiger partial charge in [-0.05, 0) is 91.5 Å². The van der Waals surface area contributed by atoms with Gasteiger partial charge in [0.05, 0.1) is 11.0 Å². The van der Waals surface area contributed by atoms with Gasteiger partial charge in [-0.3, -0.25) is 4.57 Å². The highest BCUT2D eigenvalue weighted by atomic mass is 15.1. The summed E-state index contributed by atoms with van der Waals surface area (Å²) in [7, 11) is 0. The Morgan fingerprint density at radius 2 is 1.06 bits per heavy atom. The molecule has 1 atom stereocenters. The number of rotatable bonds is 5. The number of allylic oxidation sites excluding steroid dienone is 4. The van der Waals surface area contributed by atoms with Crippen LogP contribution in [-0.4, -0.2) is 9.55 Å². The molecule has 0 amide bonds. The van der Waals surface area contributed by atoms with Crippen molar-refractivity contribution >= 4 is 38.3 Å². The third-order valence-corrected chi connectivity index (χ3v) is 9.70. The second-order valence-corrected chi connectivity index (χ2v) is 12.8. The summed E-state index contributed by atoms with van der Waals surface area (Å²) >= 11 is 0. The number of benzene rings is 7. The van der Waals surface area contributed by atoms with E-state index in [-0.39, 0.29) is 0 Å². The Hall–Kier alpha value is -5.99. The Morgan fingerprint density at radius 3 is 1.79 bits per heavy atom. The zero-order valence-electron chi connectivity index (χ0n) is 26.8. The SMILES string of the molecule is CC1C=C(n2c(-c3ccc4c(-c5ccc(-c6ccccc6)cc5)c5ccccc5c(-c5ccccc5)c4c3)nc3ccccc32)C=CC1. The van der Waals surface area contributed by atoms with E-state index in [4.69, 9.17) is 4.98 Å². The van der Waals surface area contributed by atoms with Crippen molar-refractivity contribution < 1.29 is 0 Å². The predicted octanol–water partition coefficient (Wildman–Crippen LogP) is 12.4. The van der Waals surface area contributed by atoms with Crippen molar-refractivity contribution in [2.24, 2.45) is 5.92 Å². The van der Waals surface area contributed by atoms with E-state index in [2.05, 4.69) is 181 Å². The lowest BCUT2D eigenvalue weighted by atomic mass is 9.85. The molecule has 1 aliphatic carbocycles. The Balaban J connectivity index is 1.33. The van der Waals surface area contributed by atoms with Gasteiger partial charge in [-0.1, -0.05) is 153 Å². The van der Waals surface area contributed by atoms with E-state index in [9.17, 15) is 0 Å². The van der Waals surface area contributed by atoms with E-state index in [1.807, 2.05) is 0 Å². The van der Waals surface area contributed by atoms with Crippen LogP contribution in [0, 0.1) is 5.92 Å². The summed E-state index contributed by atoms with van der Waals surface area (Å²) in [6.07, 6.45) is 7.97. The first-order valence-electron chi connectivity index (χ1n) is 16.8. The number of para-hydroxylation sites is 2. The first kappa shape index (κ1) is 28.3. The average Bonchev–Trinajstić information content (AvgIpc) is 3.54. The lowest BCUT2D eigenvalue weighted by Gasteiger charge is -2.20. The lowest BCUT2D eigenvalue weighted by molar-refractivity contribution is 0.734. The maximum absolute atomic E-state index is 5.26. The van der Waals surface area contributed by atoms with Crippen molar-refractivity contribution in [3.8, 4) is 44.8 Å². The highest BCUT2D eigenvalue weighted by Gasteiger charge is 2.21. The van der Waals surface area contributed by atoms with Gasteiger partial charge in [-0.25, -0.2) is 4.98 Å². The molecule has 1 unspecified atom stereocenters. The van der Waals surface area contributed by atoms with Crippen LogP contribution in [0.15, 0.2) is 170 Å². The van der Waals surface area contributed by atoms with Gasteiger partial charge in [-0.2, -0.15) is 0 Å². The molecule has 0 saturated heterocycles. The third-order valence-electron chi connectivity index (χ3n) is 9.70. The standard InChI is InChI=1S/C46H34N2/c1-31-13-12-18-37(29-31)48-43-22-11-10-21-42(43)47-46(48)36-27-28-40-41(30-36)45(34-16-6-3-7-17-34)39-20-9-8-19-38(39)44(40)35-25-23-33(24-26-35)32-14-4-2-5-15-32/h2-12,14-31H,13H2,1H3. The van der Waals surface area contributed by atoms with E-state index in [0.717, 1.165) is 28.8 Å². The maximum Gasteiger partial charge on any atom is 0.145 e. The van der Waals surface area contributed by atoms with E-state index in [0.29, 0.717) is 5.92 Å². The fourth-order valence-corrected chi connectivity index (χ4v) is 7.45. The number of hydrogen-bond acceptors (Lipinski definition) is 1. The fourth-order valence-electron chi connectivity index (χ4n) is 7.45. The summed E-state index contributed by atoms with van der Waals surface area (Å²) in [6, 6.07) is 54.8. The van der Waals surface area contributed by atoms with Crippen LogP contribution in [0.25, 0.3) is 83.0 Å². The van der Waals surface area contributed by atoms with Gasteiger partial charge in [0.15, 0.2) is 0 Å². The van der Waals surface area contributed by atoms with Gasteiger partial charge in [0.25, 0.3) is 0 Å². The van der Waals surface area contributed by atoms with Crippen LogP contribution in [0.2, 0.25) is 0 Å². The molecular weight excluding hydrogens is 581 g/mol. The Bertz CT molecular complexity index is 2520. The molecule has 1 aliphatic rings. The minimum absolute atomic E-state index is 0.475. The molecule has 2 heteroatoms. The highest BCUT2D eigenvalue weighted by molar-refractivity contribution is 6.22. The Labute approximate surface area is 281 Å².